The van der Waals surface area contributed by atoms with E-state index >= 15 is 0 Å². The molecule has 1 aliphatic rings. The van der Waals surface area contributed by atoms with Crippen molar-refractivity contribution in [1.29, 1.82) is 5.41 Å². The molecule has 0 spiro atoms. The van der Waals surface area contributed by atoms with E-state index in [9.17, 15) is 4.79 Å². The van der Waals surface area contributed by atoms with Crippen molar-refractivity contribution in [2.45, 2.75) is 52.5 Å². The molecular weight excluding hydrogens is 422 g/mol. The number of nitrogens with one attached hydrogen (secondary N) is 1. The summed E-state index contributed by atoms with van der Waals surface area (Å²) in [7, 11) is 0. The van der Waals surface area contributed by atoms with Crippen LogP contribution in [0.2, 0.25) is 0 Å². The lowest BCUT2D eigenvalue weighted by atomic mass is 9.85. The monoisotopic (exact) mass is 453 g/mol. The van der Waals surface area contributed by atoms with Gasteiger partial charge in [-0.05, 0) is 54.9 Å². The fraction of sp³-hybridized carbons (Fsp3) is 0.500. The molecule has 2 heterocycles. The molecule has 0 amide bonds. The number of Topliss-reactive ketones (excluding diaryl/α,β-unsaturated/α-hetero) is 1. The highest BCUT2D eigenvalue weighted by Crippen LogP contribution is 2.30. The Balaban J connectivity index is 1.62. The van der Waals surface area contributed by atoms with Gasteiger partial charge < -0.3 is 14.6 Å². The summed E-state index contributed by atoms with van der Waals surface area (Å²) in [6.07, 6.45) is 2.36. The molecule has 0 aliphatic heterocycles. The number of fused-ring (bicyclic) bond motifs is 1. The summed E-state index contributed by atoms with van der Waals surface area (Å²) in [4.78, 5) is 13.2. The Kier molecular flexibility index (Phi) is 6.25. The van der Waals surface area contributed by atoms with Gasteiger partial charge in [-0.2, -0.15) is 4.52 Å². The molecule has 1 aliphatic carbocycles. The summed E-state index contributed by atoms with van der Waals surface area (Å²) in [5, 5.41) is 26.5. The summed E-state index contributed by atoms with van der Waals surface area (Å²) in [5.41, 5.74) is 2.57. The number of aliphatic hydroxyl groups is 1. The third kappa shape index (κ3) is 5.24. The summed E-state index contributed by atoms with van der Waals surface area (Å²) in [6.45, 7) is 8.62. The van der Waals surface area contributed by atoms with Crippen molar-refractivity contribution < 1.29 is 19.4 Å². The lowest BCUT2D eigenvalue weighted by Gasteiger charge is -2.21. The number of hydrogen-bond donors (Lipinski definition) is 2. The number of carbonyl (C=O) groups is 1. The number of benzene rings is 1. The highest BCUT2D eigenvalue weighted by atomic mass is 16.5. The van der Waals surface area contributed by atoms with E-state index in [1.807, 2.05) is 25.1 Å². The van der Waals surface area contributed by atoms with E-state index in [-0.39, 0.29) is 36.6 Å². The number of aromatic nitrogens is 4. The molecule has 33 heavy (non-hydrogen) atoms. The highest BCUT2D eigenvalue weighted by molar-refractivity contribution is 5.96. The molecule has 9 nitrogen and oxygen atoms in total. The van der Waals surface area contributed by atoms with Crippen LogP contribution in [0.1, 0.15) is 55.1 Å². The Labute approximate surface area is 192 Å². The van der Waals surface area contributed by atoms with Gasteiger partial charge >= 0.3 is 0 Å². The molecule has 4 rings (SSSR count). The van der Waals surface area contributed by atoms with Gasteiger partial charge in [0.1, 0.15) is 18.9 Å². The average Bonchev–Trinajstić information content (AvgIpc) is 3.55. The van der Waals surface area contributed by atoms with E-state index in [0.717, 1.165) is 11.1 Å². The number of ketones is 1. The van der Waals surface area contributed by atoms with Gasteiger partial charge in [-0.25, -0.2) is 4.68 Å². The van der Waals surface area contributed by atoms with Crippen molar-refractivity contribution in [3.05, 3.63) is 46.6 Å². The standard InChI is InChI=1S/C24H31N5O4/c1-15-9-21(33-14-16-5-6-16)26-29-22(15)27-28(23(29)25)13-20(31)17-10-18(24(2,3)4)12-19(11-17)32-8-7-30/h9-12,16,25,30H,5-8,13-14H2,1-4H3. The Hall–Kier alpha value is -3.20. The SMILES string of the molecule is Cc1cc(OCC2CC2)nn2c(=N)n(CC(=O)c3cc(OCCO)cc(C(C)(C)C)c3)nc12. The predicted octanol–water partition coefficient (Wildman–Crippen LogP) is 2.66. The van der Waals surface area contributed by atoms with Crippen LogP contribution in [0.25, 0.3) is 5.65 Å². The van der Waals surface area contributed by atoms with Crippen molar-refractivity contribution in [2.75, 3.05) is 19.8 Å². The van der Waals surface area contributed by atoms with Crippen molar-refractivity contribution >= 4 is 11.4 Å². The van der Waals surface area contributed by atoms with Crippen molar-refractivity contribution in [1.82, 2.24) is 19.4 Å². The fourth-order valence-electron chi connectivity index (χ4n) is 3.47. The normalized spacial score (nSPS) is 14.0. The zero-order valence-corrected chi connectivity index (χ0v) is 19.6. The van der Waals surface area contributed by atoms with E-state index in [0.29, 0.717) is 35.4 Å². The summed E-state index contributed by atoms with van der Waals surface area (Å²) in [6, 6.07) is 7.22. The molecule has 1 fully saturated rings. The highest BCUT2D eigenvalue weighted by Gasteiger charge is 2.23. The molecule has 3 aromatic rings. The van der Waals surface area contributed by atoms with Crippen LogP contribution >= 0.6 is 0 Å². The molecule has 0 radical (unpaired) electrons. The van der Waals surface area contributed by atoms with Crippen LogP contribution in [0.15, 0.2) is 24.3 Å². The first-order valence-electron chi connectivity index (χ1n) is 11.2. The van der Waals surface area contributed by atoms with Crippen molar-refractivity contribution in [2.24, 2.45) is 5.92 Å². The summed E-state index contributed by atoms with van der Waals surface area (Å²) >= 11 is 0. The zero-order valence-electron chi connectivity index (χ0n) is 19.6. The lowest BCUT2D eigenvalue weighted by molar-refractivity contribution is 0.0965. The summed E-state index contributed by atoms with van der Waals surface area (Å²) < 4.78 is 14.1. The Bertz CT molecular complexity index is 1230. The van der Waals surface area contributed by atoms with E-state index in [2.05, 4.69) is 31.0 Å². The van der Waals surface area contributed by atoms with E-state index in [1.165, 1.54) is 22.0 Å². The van der Waals surface area contributed by atoms with Gasteiger partial charge in [-0.1, -0.05) is 20.8 Å². The first-order chi connectivity index (χ1) is 15.7. The van der Waals surface area contributed by atoms with Crippen molar-refractivity contribution in [3.63, 3.8) is 0 Å². The molecule has 176 valence electrons. The average molecular weight is 454 g/mol. The molecule has 1 saturated carbocycles. The Morgan fingerprint density at radius 1 is 1.18 bits per heavy atom. The fourth-order valence-corrected chi connectivity index (χ4v) is 3.47. The summed E-state index contributed by atoms with van der Waals surface area (Å²) in [5.74, 6) is 1.39. The molecule has 2 aromatic heterocycles. The van der Waals surface area contributed by atoms with Gasteiger partial charge in [0.2, 0.25) is 11.5 Å². The van der Waals surface area contributed by atoms with Gasteiger partial charge in [-0.3, -0.25) is 10.2 Å². The number of carbonyl (C=O) groups excluding carboxylic acids is 1. The Morgan fingerprint density at radius 2 is 1.94 bits per heavy atom. The van der Waals surface area contributed by atoms with E-state index in [4.69, 9.17) is 20.0 Å². The first kappa shape index (κ1) is 23.0. The maximum absolute atomic E-state index is 13.2. The van der Waals surface area contributed by atoms with Crippen LogP contribution in [0.3, 0.4) is 0 Å². The second-order valence-corrected chi connectivity index (χ2v) is 9.63. The zero-order chi connectivity index (χ0) is 23.8. The maximum atomic E-state index is 13.2. The quantitative estimate of drug-likeness (QED) is 0.482. The van der Waals surface area contributed by atoms with Crippen LogP contribution < -0.4 is 15.1 Å². The number of hydrogen-bond acceptors (Lipinski definition) is 7. The molecule has 0 unspecified atom stereocenters. The van der Waals surface area contributed by atoms with Crippen LogP contribution in [-0.4, -0.2) is 50.1 Å². The minimum absolute atomic E-state index is 0.00190. The van der Waals surface area contributed by atoms with Gasteiger partial charge in [-0.15, -0.1) is 10.2 Å². The van der Waals surface area contributed by atoms with E-state index in [1.54, 1.807) is 6.07 Å². The number of aliphatic hydroxyl groups excluding tert-OH is 1. The third-order valence-electron chi connectivity index (χ3n) is 5.66. The third-order valence-corrected chi connectivity index (χ3v) is 5.66. The minimum atomic E-state index is -0.195. The smallest absolute Gasteiger partial charge is 0.242 e. The van der Waals surface area contributed by atoms with Crippen LogP contribution in [0, 0.1) is 18.3 Å². The van der Waals surface area contributed by atoms with Crippen LogP contribution in [0.4, 0.5) is 0 Å². The molecule has 0 atom stereocenters. The number of aryl methyl sites for hydroxylation is 1. The van der Waals surface area contributed by atoms with Gasteiger partial charge in [0.15, 0.2) is 11.4 Å². The second-order valence-electron chi connectivity index (χ2n) is 9.63. The van der Waals surface area contributed by atoms with Crippen molar-refractivity contribution in [3.8, 4) is 11.6 Å². The van der Waals surface area contributed by atoms with E-state index < -0.39 is 0 Å². The van der Waals surface area contributed by atoms with Crippen LogP contribution in [-0.2, 0) is 12.0 Å². The van der Waals surface area contributed by atoms with Gasteiger partial charge in [0, 0.05) is 17.2 Å². The number of nitrogens with zero attached hydrogens (tertiary/aromatic N) is 4. The molecule has 0 saturated heterocycles. The molecule has 9 heteroatoms. The minimum Gasteiger partial charge on any atom is -0.491 e. The molecule has 0 bridgehead atoms. The van der Waals surface area contributed by atoms with Gasteiger partial charge in [0.05, 0.1) is 13.2 Å². The number of ether oxygens (including phenoxy) is 2. The molecular formula is C24H31N5O4. The topological polar surface area (TPSA) is 115 Å². The predicted molar refractivity (Wildman–Crippen MR) is 122 cm³/mol. The molecule has 2 N–H and O–H groups in total. The van der Waals surface area contributed by atoms with Gasteiger partial charge in [0.25, 0.3) is 0 Å². The molecule has 1 aromatic carbocycles. The number of rotatable bonds is 9. The van der Waals surface area contributed by atoms with Crippen LogP contribution in [0.5, 0.6) is 11.6 Å². The second kappa shape index (κ2) is 8.97. The largest absolute Gasteiger partial charge is 0.491 e. The first-order valence-corrected chi connectivity index (χ1v) is 11.2. The lowest BCUT2D eigenvalue weighted by Crippen LogP contribution is -2.26. The maximum Gasteiger partial charge on any atom is 0.242 e. The Morgan fingerprint density at radius 3 is 2.61 bits per heavy atom.